The van der Waals surface area contributed by atoms with Gasteiger partial charge in [0, 0.05) is 12.8 Å². The summed E-state index contributed by atoms with van der Waals surface area (Å²) < 4.78 is 0. The smallest absolute Gasteiger partial charge is 0.326 e. The molecule has 0 bridgehead atoms. The first-order chi connectivity index (χ1) is 18.8. The van der Waals surface area contributed by atoms with Crippen LogP contribution < -0.4 is 21.7 Å². The Bertz CT molecular complexity index is 1170. The first-order valence-electron chi connectivity index (χ1n) is 12.8. The minimum absolute atomic E-state index is 0.0143. The SMILES string of the molecule is CC(C)CC(NC(=O)C(Cc1ccccc1)NC(=O)C(N)CC(=O)O)C(=O)NC(Cc1ccc(O)cc1)C(=O)O. The summed E-state index contributed by atoms with van der Waals surface area (Å²) in [5.74, 6) is -4.89. The molecule has 0 radical (unpaired) electrons. The van der Waals surface area contributed by atoms with Gasteiger partial charge >= 0.3 is 11.9 Å². The Morgan fingerprint density at radius 1 is 0.725 bits per heavy atom. The zero-order valence-corrected chi connectivity index (χ0v) is 22.4. The third kappa shape index (κ3) is 10.7. The second kappa shape index (κ2) is 15.2. The number of nitrogens with two attached hydrogens (primary N) is 1. The van der Waals surface area contributed by atoms with Gasteiger partial charge in [-0.3, -0.25) is 19.2 Å². The summed E-state index contributed by atoms with van der Waals surface area (Å²) in [5, 5.41) is 35.7. The number of carbonyl (C=O) groups is 5. The van der Waals surface area contributed by atoms with Crippen LogP contribution in [0.4, 0.5) is 0 Å². The first-order valence-corrected chi connectivity index (χ1v) is 12.8. The molecule has 216 valence electrons. The Kier molecular flexibility index (Phi) is 12.1. The van der Waals surface area contributed by atoms with Crippen LogP contribution in [-0.2, 0) is 36.8 Å². The first kappa shape index (κ1) is 31.8. The minimum atomic E-state index is -1.39. The van der Waals surface area contributed by atoms with Gasteiger partial charge in [-0.15, -0.1) is 0 Å². The second-order valence-electron chi connectivity index (χ2n) is 9.92. The fourth-order valence-electron chi connectivity index (χ4n) is 3.93. The zero-order valence-electron chi connectivity index (χ0n) is 22.4. The standard InChI is InChI=1S/C28H36N4O8/c1-16(2)12-21(26(37)32-23(28(39)40)14-18-8-10-19(33)11-9-18)31-27(38)22(13-17-6-4-3-5-7-17)30-25(36)20(29)15-24(34)35/h3-11,16,20-23,33H,12-15,29H2,1-2H3,(H,30,36)(H,31,38)(H,32,37)(H,34,35)(H,39,40). The van der Waals surface area contributed by atoms with Crippen LogP contribution in [-0.4, -0.2) is 69.1 Å². The van der Waals surface area contributed by atoms with Gasteiger partial charge in [-0.2, -0.15) is 0 Å². The van der Waals surface area contributed by atoms with E-state index < -0.39 is 60.2 Å². The van der Waals surface area contributed by atoms with Crippen LogP contribution >= 0.6 is 0 Å². The molecule has 0 saturated heterocycles. The maximum atomic E-state index is 13.4. The number of aromatic hydroxyl groups is 1. The average Bonchev–Trinajstić information content (AvgIpc) is 2.88. The van der Waals surface area contributed by atoms with Crippen molar-refractivity contribution in [1.82, 2.24) is 16.0 Å². The van der Waals surface area contributed by atoms with Crippen LogP contribution in [0, 0.1) is 5.92 Å². The van der Waals surface area contributed by atoms with Crippen molar-refractivity contribution in [2.24, 2.45) is 11.7 Å². The van der Waals surface area contributed by atoms with Crippen molar-refractivity contribution < 1.29 is 39.3 Å². The van der Waals surface area contributed by atoms with E-state index in [1.807, 2.05) is 13.8 Å². The van der Waals surface area contributed by atoms with E-state index >= 15 is 0 Å². The average molecular weight is 557 g/mol. The summed E-state index contributed by atoms with van der Waals surface area (Å²) in [6, 6.07) is 9.62. The molecule has 0 aliphatic heterocycles. The second-order valence-corrected chi connectivity index (χ2v) is 9.92. The van der Waals surface area contributed by atoms with Crippen molar-refractivity contribution >= 4 is 29.7 Å². The molecular weight excluding hydrogens is 520 g/mol. The third-order valence-corrected chi connectivity index (χ3v) is 5.98. The number of benzene rings is 2. The van der Waals surface area contributed by atoms with Crippen LogP contribution in [0.25, 0.3) is 0 Å². The molecule has 0 aromatic heterocycles. The molecule has 2 aromatic carbocycles. The highest BCUT2D eigenvalue weighted by Crippen LogP contribution is 2.13. The Balaban J connectivity index is 2.22. The predicted octanol–water partition coefficient (Wildman–Crippen LogP) is 0.565. The Morgan fingerprint density at radius 2 is 1.23 bits per heavy atom. The molecule has 0 fully saturated rings. The lowest BCUT2D eigenvalue weighted by Gasteiger charge is -2.26. The zero-order chi connectivity index (χ0) is 29.8. The van der Waals surface area contributed by atoms with E-state index in [0.29, 0.717) is 11.1 Å². The van der Waals surface area contributed by atoms with Crippen LogP contribution in [0.2, 0.25) is 0 Å². The lowest BCUT2D eigenvalue weighted by molar-refractivity contribution is -0.142. The van der Waals surface area contributed by atoms with Crippen molar-refractivity contribution in [2.45, 2.75) is 63.7 Å². The van der Waals surface area contributed by atoms with Gasteiger partial charge in [0.15, 0.2) is 0 Å². The topological polar surface area (TPSA) is 208 Å². The van der Waals surface area contributed by atoms with Gasteiger partial charge in [-0.05, 0) is 35.6 Å². The number of nitrogens with one attached hydrogen (secondary N) is 3. The maximum absolute atomic E-state index is 13.4. The van der Waals surface area contributed by atoms with E-state index in [1.165, 1.54) is 24.3 Å². The van der Waals surface area contributed by atoms with E-state index in [9.17, 15) is 34.2 Å². The van der Waals surface area contributed by atoms with E-state index in [4.69, 9.17) is 10.8 Å². The minimum Gasteiger partial charge on any atom is -0.508 e. The van der Waals surface area contributed by atoms with Gasteiger partial charge in [0.25, 0.3) is 0 Å². The number of amides is 3. The van der Waals surface area contributed by atoms with Crippen molar-refractivity contribution in [3.8, 4) is 5.75 Å². The van der Waals surface area contributed by atoms with Crippen LogP contribution in [0.3, 0.4) is 0 Å². The summed E-state index contributed by atoms with van der Waals surface area (Å²) in [5.41, 5.74) is 6.93. The number of aliphatic carboxylic acids is 2. The van der Waals surface area contributed by atoms with Crippen LogP contribution in [0.1, 0.15) is 37.8 Å². The molecule has 0 aliphatic carbocycles. The van der Waals surface area contributed by atoms with Gasteiger partial charge in [-0.1, -0.05) is 56.3 Å². The van der Waals surface area contributed by atoms with Crippen molar-refractivity contribution in [2.75, 3.05) is 0 Å². The molecule has 4 atom stereocenters. The number of carboxylic acids is 2. The molecule has 12 nitrogen and oxygen atoms in total. The summed E-state index contributed by atoms with van der Waals surface area (Å²) >= 11 is 0. The number of phenolic OH excluding ortho intramolecular Hbond substituents is 1. The molecule has 2 aromatic rings. The van der Waals surface area contributed by atoms with Crippen molar-refractivity contribution in [1.29, 1.82) is 0 Å². The molecule has 0 heterocycles. The van der Waals surface area contributed by atoms with Gasteiger partial charge in [-0.25, -0.2) is 4.79 Å². The molecular formula is C28H36N4O8. The van der Waals surface area contributed by atoms with Crippen LogP contribution in [0.15, 0.2) is 54.6 Å². The van der Waals surface area contributed by atoms with E-state index in [1.54, 1.807) is 30.3 Å². The molecule has 0 aliphatic rings. The number of hydrogen-bond donors (Lipinski definition) is 7. The lowest BCUT2D eigenvalue weighted by Crippen LogP contribution is -2.58. The number of phenols is 1. The number of carboxylic acid groups (broad SMARTS) is 2. The normalized spacial score (nSPS) is 13.9. The van der Waals surface area contributed by atoms with Crippen molar-refractivity contribution in [3.05, 3.63) is 65.7 Å². The highest BCUT2D eigenvalue weighted by molar-refractivity contribution is 5.95. The predicted molar refractivity (Wildman–Crippen MR) is 145 cm³/mol. The van der Waals surface area contributed by atoms with Gasteiger partial charge in [0.1, 0.15) is 23.9 Å². The van der Waals surface area contributed by atoms with Crippen LogP contribution in [0.5, 0.6) is 5.75 Å². The molecule has 0 saturated carbocycles. The Morgan fingerprint density at radius 3 is 1.77 bits per heavy atom. The molecule has 2 rings (SSSR count). The lowest BCUT2D eigenvalue weighted by atomic mass is 9.99. The molecule has 4 unspecified atom stereocenters. The quantitative estimate of drug-likeness (QED) is 0.163. The highest BCUT2D eigenvalue weighted by Gasteiger charge is 2.31. The maximum Gasteiger partial charge on any atom is 0.326 e. The van der Waals surface area contributed by atoms with E-state index in [-0.39, 0.29) is 30.9 Å². The number of rotatable bonds is 15. The number of carbonyl (C=O) groups excluding carboxylic acids is 3. The highest BCUT2D eigenvalue weighted by atomic mass is 16.4. The summed E-state index contributed by atoms with van der Waals surface area (Å²) in [7, 11) is 0. The Hall–Kier alpha value is -4.45. The fourth-order valence-corrected chi connectivity index (χ4v) is 3.93. The van der Waals surface area contributed by atoms with Crippen molar-refractivity contribution in [3.63, 3.8) is 0 Å². The molecule has 0 spiro atoms. The summed E-state index contributed by atoms with van der Waals surface area (Å²) in [6.07, 6.45) is -0.486. The van der Waals surface area contributed by atoms with E-state index in [0.717, 1.165) is 0 Å². The fraction of sp³-hybridized carbons (Fsp3) is 0.393. The molecule has 12 heteroatoms. The third-order valence-electron chi connectivity index (χ3n) is 5.98. The number of hydrogen-bond acceptors (Lipinski definition) is 7. The molecule has 8 N–H and O–H groups in total. The monoisotopic (exact) mass is 556 g/mol. The van der Waals surface area contributed by atoms with Gasteiger partial charge < -0.3 is 37.0 Å². The Labute approximate surface area is 232 Å². The summed E-state index contributed by atoms with van der Waals surface area (Å²) in [4.78, 5) is 62.0. The van der Waals surface area contributed by atoms with Gasteiger partial charge in [0.05, 0.1) is 12.5 Å². The molecule has 40 heavy (non-hydrogen) atoms. The van der Waals surface area contributed by atoms with Gasteiger partial charge in [0.2, 0.25) is 17.7 Å². The molecule has 3 amide bonds. The van der Waals surface area contributed by atoms with E-state index in [2.05, 4.69) is 16.0 Å². The summed E-state index contributed by atoms with van der Waals surface area (Å²) in [6.45, 7) is 3.65. The largest absolute Gasteiger partial charge is 0.508 e.